The monoisotopic (exact) mass is 577 g/mol. The lowest BCUT2D eigenvalue weighted by Gasteiger charge is -2.34. The number of benzene rings is 1. The van der Waals surface area contributed by atoms with Gasteiger partial charge in [-0.2, -0.15) is 0 Å². The third kappa shape index (κ3) is 3.65. The Balaban J connectivity index is 2.17. The highest BCUT2D eigenvalue weighted by Gasteiger charge is 2.57. The maximum absolute atomic E-state index is 16.7. The summed E-state index contributed by atoms with van der Waals surface area (Å²) in [5.41, 5.74) is 8.82. The van der Waals surface area contributed by atoms with Crippen molar-refractivity contribution in [1.29, 1.82) is 0 Å². The number of fused-ring (bicyclic) bond motifs is 2. The zero-order valence-electron chi connectivity index (χ0n) is 21.4. The fourth-order valence-electron chi connectivity index (χ4n) is 6.01. The topological polar surface area (TPSA) is 11.2 Å². The maximum atomic E-state index is 16.7. The Kier molecular flexibility index (Phi) is 6.99. The minimum atomic E-state index is -4.03. The summed E-state index contributed by atoms with van der Waals surface area (Å²) in [6, 6.07) is 8.30. The van der Waals surface area contributed by atoms with Crippen LogP contribution in [0.1, 0.15) is 69.1 Å². The van der Waals surface area contributed by atoms with Crippen LogP contribution in [0.3, 0.4) is 0 Å². The molecule has 2 aliphatic rings. The second kappa shape index (κ2) is 9.38. The number of hydrogen-bond donors (Lipinski definition) is 0. The molecule has 2 aliphatic heterocycles. The van der Waals surface area contributed by atoms with E-state index < -0.39 is 6.97 Å². The number of rotatable bonds is 7. The van der Waals surface area contributed by atoms with Gasteiger partial charge in [-0.1, -0.05) is 39.8 Å². The van der Waals surface area contributed by atoms with E-state index >= 15 is 8.63 Å². The van der Waals surface area contributed by atoms with Gasteiger partial charge < -0.3 is 17.6 Å². The molecule has 0 unspecified atom stereocenters. The van der Waals surface area contributed by atoms with Crippen LogP contribution in [0.15, 0.2) is 41.1 Å². The Hall–Kier alpha value is -1.74. The lowest BCUT2D eigenvalue weighted by Crippen LogP contribution is -2.53. The molecule has 0 spiro atoms. The molecular weight excluding hydrogens is 542 g/mol. The molecule has 1 aromatic carbocycles. The van der Waals surface area contributed by atoms with Crippen molar-refractivity contribution in [2.45, 2.75) is 61.3 Å². The Bertz CT molecular complexity index is 1230. The predicted molar refractivity (Wildman–Crippen MR) is 148 cm³/mol. The summed E-state index contributed by atoms with van der Waals surface area (Å²) in [6.07, 6.45) is 1.48. The van der Waals surface area contributed by atoms with Gasteiger partial charge in [0.05, 0.1) is 12.1 Å². The number of hydrogen-bond acceptors (Lipinski definition) is 1. The van der Waals surface area contributed by atoms with E-state index in [9.17, 15) is 0 Å². The lowest BCUT2D eigenvalue weighted by atomic mass is 9.83. The summed E-state index contributed by atoms with van der Waals surface area (Å²) in [4.78, 5) is 2.23. The molecule has 4 rings (SSSR count). The predicted octanol–water partition coefficient (Wildman–Crippen LogP) is 6.80. The van der Waals surface area contributed by atoms with Crippen LogP contribution in [0, 0.1) is 17.4 Å². The van der Waals surface area contributed by atoms with Gasteiger partial charge >= 0.3 is 6.97 Å². The van der Waals surface area contributed by atoms with Gasteiger partial charge in [-0.15, -0.1) is 0 Å². The molecular formula is C27H35BF2IN3. The second-order valence-corrected chi connectivity index (χ2v) is 10.6. The van der Waals surface area contributed by atoms with Crippen molar-refractivity contribution >= 4 is 40.8 Å². The summed E-state index contributed by atoms with van der Waals surface area (Å²) in [6.45, 7) is 12.4. The van der Waals surface area contributed by atoms with Crippen LogP contribution in [-0.4, -0.2) is 46.2 Å². The molecule has 34 heavy (non-hydrogen) atoms. The van der Waals surface area contributed by atoms with Gasteiger partial charge in [0.1, 0.15) is 0 Å². The van der Waals surface area contributed by atoms with Crippen molar-refractivity contribution in [3.63, 3.8) is 0 Å². The van der Waals surface area contributed by atoms with Crippen LogP contribution in [0.5, 0.6) is 0 Å². The van der Waals surface area contributed by atoms with E-state index in [2.05, 4.69) is 79.5 Å². The zero-order chi connectivity index (χ0) is 24.9. The number of nitrogens with zero attached hydrogens (tertiary/aromatic N) is 3. The van der Waals surface area contributed by atoms with Gasteiger partial charge in [-0.05, 0) is 104 Å². The Morgan fingerprint density at radius 2 is 1.59 bits per heavy atom. The van der Waals surface area contributed by atoms with E-state index in [1.807, 2.05) is 20.8 Å². The Labute approximate surface area is 216 Å². The molecule has 1 aromatic heterocycles. The second-order valence-electron chi connectivity index (χ2n) is 9.32. The summed E-state index contributed by atoms with van der Waals surface area (Å²) in [5, 5.41) is 0. The molecule has 2 aromatic rings. The summed E-state index contributed by atoms with van der Waals surface area (Å²) in [7, 11) is 0. The molecule has 0 bridgehead atoms. The van der Waals surface area contributed by atoms with Crippen molar-refractivity contribution in [3.05, 3.63) is 72.8 Å². The summed E-state index contributed by atoms with van der Waals surface area (Å²) < 4.78 is 37.4. The van der Waals surface area contributed by atoms with Gasteiger partial charge in [-0.3, -0.25) is 4.90 Å². The smallest absolute Gasteiger partial charge is 0.393 e. The fraction of sp³-hybridized carbons (Fsp3) is 0.444. The molecule has 0 atom stereocenters. The number of allylic oxidation sites excluding steroid dienone is 1. The van der Waals surface area contributed by atoms with E-state index in [0.717, 1.165) is 68.6 Å². The van der Waals surface area contributed by atoms with Crippen LogP contribution in [0.4, 0.5) is 8.63 Å². The van der Waals surface area contributed by atoms with Gasteiger partial charge in [0.2, 0.25) is 0 Å². The first-order chi connectivity index (χ1) is 16.1. The largest absolute Gasteiger partial charge is 0.737 e. The molecule has 0 saturated heterocycles. The first-order valence-electron chi connectivity index (χ1n) is 12.4. The van der Waals surface area contributed by atoms with E-state index in [1.54, 1.807) is 0 Å². The SMILES string of the molecule is CCC1=C(C)C2=C(c3ccc(I)cc3)c3c(C)c(CC)c(C)n3[B-](F)(F)[N+]2=C1CN(CC)CC. The van der Waals surface area contributed by atoms with Crippen LogP contribution in [0.25, 0.3) is 5.57 Å². The minimum absolute atomic E-state index is 0.531. The Morgan fingerprint density at radius 1 is 0.971 bits per heavy atom. The minimum Gasteiger partial charge on any atom is -0.393 e. The summed E-state index contributed by atoms with van der Waals surface area (Å²) in [5.74, 6) is 0. The lowest BCUT2D eigenvalue weighted by molar-refractivity contribution is -0.364. The van der Waals surface area contributed by atoms with E-state index in [-0.39, 0.29) is 0 Å². The molecule has 182 valence electrons. The van der Waals surface area contributed by atoms with E-state index in [4.69, 9.17) is 0 Å². The van der Waals surface area contributed by atoms with Crippen molar-refractivity contribution in [2.75, 3.05) is 19.6 Å². The molecule has 0 fully saturated rings. The van der Waals surface area contributed by atoms with Crippen molar-refractivity contribution < 1.29 is 13.1 Å². The molecule has 0 N–H and O–H groups in total. The molecule has 0 aliphatic carbocycles. The Morgan fingerprint density at radius 3 is 2.12 bits per heavy atom. The average molecular weight is 577 g/mol. The highest BCUT2D eigenvalue weighted by molar-refractivity contribution is 14.1. The quantitative estimate of drug-likeness (QED) is 0.260. The van der Waals surface area contributed by atoms with Crippen molar-refractivity contribution in [1.82, 2.24) is 9.38 Å². The van der Waals surface area contributed by atoms with Gasteiger partial charge in [0, 0.05) is 20.4 Å². The fourth-order valence-corrected chi connectivity index (χ4v) is 6.37. The highest BCUT2D eigenvalue weighted by atomic mass is 127. The highest BCUT2D eigenvalue weighted by Crippen LogP contribution is 2.47. The average Bonchev–Trinajstić information content (AvgIpc) is 3.24. The first-order valence-corrected chi connectivity index (χ1v) is 13.5. The van der Waals surface area contributed by atoms with Gasteiger partial charge in [-0.25, -0.2) is 0 Å². The molecule has 7 heteroatoms. The third-order valence-corrected chi connectivity index (χ3v) is 8.46. The number of halogens is 3. The van der Waals surface area contributed by atoms with Crippen LogP contribution >= 0.6 is 22.6 Å². The number of aromatic nitrogens is 1. The maximum Gasteiger partial charge on any atom is 0.737 e. The molecule has 0 saturated carbocycles. The molecule has 0 amide bonds. The van der Waals surface area contributed by atoms with Gasteiger partial charge in [0.15, 0.2) is 11.4 Å². The third-order valence-electron chi connectivity index (χ3n) is 7.74. The molecule has 3 nitrogen and oxygen atoms in total. The van der Waals surface area contributed by atoms with Crippen molar-refractivity contribution in [3.8, 4) is 0 Å². The molecule has 3 heterocycles. The summed E-state index contributed by atoms with van der Waals surface area (Å²) >= 11 is 2.30. The van der Waals surface area contributed by atoms with E-state index in [0.29, 0.717) is 23.6 Å². The standard InChI is InChI=1S/C27H35BF2IN3/c1-8-22-17(5)26-25(20-12-14-21(31)15-13-20)27-18(6)23(9-2)24(16-32(10-3)11-4)34(27)28(29,30)33(26)19(22)7/h12-15H,8-11,16H2,1-7H3. The van der Waals surface area contributed by atoms with Crippen LogP contribution < -0.4 is 0 Å². The van der Waals surface area contributed by atoms with Gasteiger partial charge in [0.25, 0.3) is 0 Å². The van der Waals surface area contributed by atoms with E-state index in [1.165, 1.54) is 8.96 Å². The van der Waals surface area contributed by atoms with Crippen LogP contribution in [-0.2, 0) is 6.42 Å². The van der Waals surface area contributed by atoms with Crippen LogP contribution in [0.2, 0.25) is 0 Å². The molecule has 0 radical (unpaired) electrons. The first kappa shape index (κ1) is 25.4. The van der Waals surface area contributed by atoms with Crippen molar-refractivity contribution in [2.24, 2.45) is 0 Å². The normalized spacial score (nSPS) is 17.3. The zero-order valence-corrected chi connectivity index (χ0v) is 23.6.